The Kier molecular flexibility index (Phi) is 5.81. The SMILES string of the molecule is O=C(COc1ccc(Cl)cc1)N1CCCC1c1[nH]c2ccc(Cl)cc2c1-c1ccccc1. The van der Waals surface area contributed by atoms with Gasteiger partial charge in [0.05, 0.1) is 6.04 Å². The number of aromatic amines is 1. The molecule has 1 unspecified atom stereocenters. The molecule has 4 aromatic rings. The molecule has 1 aliphatic heterocycles. The average molecular weight is 465 g/mol. The first kappa shape index (κ1) is 20.9. The number of nitrogens with one attached hydrogen (secondary N) is 1. The molecular formula is C26H22Cl2N2O2. The fourth-order valence-corrected chi connectivity index (χ4v) is 4.77. The zero-order valence-corrected chi connectivity index (χ0v) is 18.9. The minimum absolute atomic E-state index is 0.00907. The summed E-state index contributed by atoms with van der Waals surface area (Å²) in [5.41, 5.74) is 4.27. The fraction of sp³-hybridized carbons (Fsp3) is 0.192. The van der Waals surface area contributed by atoms with Gasteiger partial charge in [-0.1, -0.05) is 53.5 Å². The highest BCUT2D eigenvalue weighted by Crippen LogP contribution is 2.42. The monoisotopic (exact) mass is 464 g/mol. The highest BCUT2D eigenvalue weighted by Gasteiger charge is 2.33. The molecule has 1 aromatic heterocycles. The maximum absolute atomic E-state index is 13.1. The standard InChI is InChI=1S/C26H22Cl2N2O2/c27-18-8-11-20(12-9-18)32-16-24(31)30-14-4-7-23(30)26-25(17-5-2-1-3-6-17)21-15-19(28)10-13-22(21)29-26/h1-3,5-6,8-13,15,23,29H,4,7,14,16H2. The van der Waals surface area contributed by atoms with Gasteiger partial charge in [0, 0.05) is 38.8 Å². The van der Waals surface area contributed by atoms with Crippen LogP contribution in [0.2, 0.25) is 10.0 Å². The summed E-state index contributed by atoms with van der Waals surface area (Å²) in [6.07, 6.45) is 1.84. The molecule has 0 radical (unpaired) electrons. The number of benzene rings is 3. The first-order chi connectivity index (χ1) is 15.6. The van der Waals surface area contributed by atoms with Crippen LogP contribution >= 0.6 is 23.2 Å². The summed E-state index contributed by atoms with van der Waals surface area (Å²) in [6.45, 7) is 0.697. The van der Waals surface area contributed by atoms with Crippen molar-refractivity contribution in [1.29, 1.82) is 0 Å². The van der Waals surface area contributed by atoms with E-state index in [2.05, 4.69) is 17.1 Å². The van der Waals surface area contributed by atoms with Gasteiger partial charge in [0.25, 0.3) is 5.91 Å². The molecule has 1 atom stereocenters. The summed E-state index contributed by atoms with van der Waals surface area (Å²) in [5, 5.41) is 2.39. The van der Waals surface area contributed by atoms with Crippen molar-refractivity contribution in [3.05, 3.63) is 88.5 Å². The summed E-state index contributed by atoms with van der Waals surface area (Å²) < 4.78 is 5.73. The Bertz CT molecular complexity index is 1250. The van der Waals surface area contributed by atoms with Gasteiger partial charge in [0.1, 0.15) is 5.75 Å². The Morgan fingerprint density at radius 1 is 1.00 bits per heavy atom. The smallest absolute Gasteiger partial charge is 0.261 e. The van der Waals surface area contributed by atoms with Crippen molar-refractivity contribution in [2.24, 2.45) is 0 Å². The number of carbonyl (C=O) groups excluding carboxylic acids is 1. The molecule has 1 N–H and O–H groups in total. The molecule has 0 bridgehead atoms. The first-order valence-corrected chi connectivity index (χ1v) is 11.4. The van der Waals surface area contributed by atoms with Crippen molar-refractivity contribution in [3.63, 3.8) is 0 Å². The fourth-order valence-electron chi connectivity index (χ4n) is 4.47. The molecule has 1 fully saturated rings. The Labute approximate surface area is 196 Å². The Morgan fingerprint density at radius 2 is 1.75 bits per heavy atom. The predicted molar refractivity (Wildman–Crippen MR) is 129 cm³/mol. The average Bonchev–Trinajstić information content (AvgIpc) is 3.43. The van der Waals surface area contributed by atoms with E-state index in [4.69, 9.17) is 27.9 Å². The third-order valence-electron chi connectivity index (χ3n) is 5.93. The zero-order chi connectivity index (χ0) is 22.1. The number of hydrogen-bond acceptors (Lipinski definition) is 2. The predicted octanol–water partition coefficient (Wildman–Crippen LogP) is 6.88. The molecule has 1 amide bonds. The van der Waals surface area contributed by atoms with E-state index in [0.717, 1.165) is 40.6 Å². The molecule has 32 heavy (non-hydrogen) atoms. The van der Waals surface area contributed by atoms with E-state index in [-0.39, 0.29) is 18.6 Å². The molecular weight excluding hydrogens is 443 g/mol. The summed E-state index contributed by atoms with van der Waals surface area (Å²) in [5.74, 6) is 0.599. The molecule has 0 saturated carbocycles. The molecule has 1 aliphatic rings. The van der Waals surface area contributed by atoms with Crippen LogP contribution in [0.5, 0.6) is 5.75 Å². The van der Waals surface area contributed by atoms with Crippen LogP contribution in [0.3, 0.4) is 0 Å². The number of halogens is 2. The van der Waals surface area contributed by atoms with Gasteiger partial charge in [-0.2, -0.15) is 0 Å². The highest BCUT2D eigenvalue weighted by molar-refractivity contribution is 6.31. The van der Waals surface area contributed by atoms with E-state index in [1.807, 2.05) is 41.3 Å². The molecule has 162 valence electrons. The maximum atomic E-state index is 13.1. The van der Waals surface area contributed by atoms with Crippen molar-refractivity contribution in [2.45, 2.75) is 18.9 Å². The number of aromatic nitrogens is 1. The van der Waals surface area contributed by atoms with E-state index in [1.165, 1.54) is 0 Å². The number of nitrogens with zero attached hydrogens (tertiary/aromatic N) is 1. The molecule has 2 heterocycles. The summed E-state index contributed by atoms with van der Waals surface area (Å²) in [4.78, 5) is 18.6. The molecule has 4 nitrogen and oxygen atoms in total. The topological polar surface area (TPSA) is 45.3 Å². The molecule has 6 heteroatoms. The molecule has 1 saturated heterocycles. The van der Waals surface area contributed by atoms with Crippen molar-refractivity contribution in [2.75, 3.05) is 13.2 Å². The normalized spacial score (nSPS) is 15.9. The number of H-pyrrole nitrogens is 1. The third kappa shape index (κ3) is 4.08. The van der Waals surface area contributed by atoms with Crippen molar-refractivity contribution in [3.8, 4) is 16.9 Å². The number of likely N-dealkylation sites (tertiary alicyclic amines) is 1. The lowest BCUT2D eigenvalue weighted by Gasteiger charge is -2.25. The number of amides is 1. The Balaban J connectivity index is 1.47. The van der Waals surface area contributed by atoms with Crippen LogP contribution in [0.15, 0.2) is 72.8 Å². The van der Waals surface area contributed by atoms with Crippen LogP contribution in [0.1, 0.15) is 24.6 Å². The minimum atomic E-state index is -0.0438. The molecule has 0 spiro atoms. The van der Waals surface area contributed by atoms with Gasteiger partial charge in [0.15, 0.2) is 6.61 Å². The number of ether oxygens (including phenoxy) is 1. The molecule has 0 aliphatic carbocycles. The Hall–Kier alpha value is -2.95. The van der Waals surface area contributed by atoms with Gasteiger partial charge in [-0.15, -0.1) is 0 Å². The van der Waals surface area contributed by atoms with Gasteiger partial charge >= 0.3 is 0 Å². The van der Waals surface area contributed by atoms with Crippen LogP contribution in [0.4, 0.5) is 0 Å². The van der Waals surface area contributed by atoms with Crippen molar-refractivity contribution < 1.29 is 9.53 Å². The molecule has 3 aromatic carbocycles. The number of hydrogen-bond donors (Lipinski definition) is 1. The largest absolute Gasteiger partial charge is 0.484 e. The van der Waals surface area contributed by atoms with Gasteiger partial charge in [-0.25, -0.2) is 0 Å². The van der Waals surface area contributed by atoms with E-state index >= 15 is 0 Å². The lowest BCUT2D eigenvalue weighted by atomic mass is 9.97. The van der Waals surface area contributed by atoms with Gasteiger partial charge in [-0.3, -0.25) is 4.79 Å². The summed E-state index contributed by atoms with van der Waals surface area (Å²) >= 11 is 12.3. The Morgan fingerprint density at radius 3 is 2.53 bits per heavy atom. The maximum Gasteiger partial charge on any atom is 0.261 e. The number of fused-ring (bicyclic) bond motifs is 1. The van der Waals surface area contributed by atoms with Crippen LogP contribution < -0.4 is 4.74 Å². The van der Waals surface area contributed by atoms with Crippen molar-refractivity contribution in [1.82, 2.24) is 9.88 Å². The van der Waals surface area contributed by atoms with E-state index < -0.39 is 0 Å². The highest BCUT2D eigenvalue weighted by atomic mass is 35.5. The first-order valence-electron chi connectivity index (χ1n) is 10.6. The number of rotatable bonds is 5. The third-order valence-corrected chi connectivity index (χ3v) is 6.42. The quantitative estimate of drug-likeness (QED) is 0.349. The van der Waals surface area contributed by atoms with Crippen LogP contribution in [0, 0.1) is 0 Å². The second-order valence-corrected chi connectivity index (χ2v) is 8.83. The van der Waals surface area contributed by atoms with Gasteiger partial charge in [0.2, 0.25) is 0 Å². The van der Waals surface area contributed by atoms with Gasteiger partial charge < -0.3 is 14.6 Å². The second-order valence-electron chi connectivity index (χ2n) is 7.96. The van der Waals surface area contributed by atoms with Crippen LogP contribution in [-0.4, -0.2) is 28.9 Å². The molecule has 5 rings (SSSR count). The summed E-state index contributed by atoms with van der Waals surface area (Å²) in [7, 11) is 0. The lowest BCUT2D eigenvalue weighted by molar-refractivity contribution is -0.134. The minimum Gasteiger partial charge on any atom is -0.484 e. The zero-order valence-electron chi connectivity index (χ0n) is 17.4. The van der Waals surface area contributed by atoms with Crippen LogP contribution in [0.25, 0.3) is 22.0 Å². The van der Waals surface area contributed by atoms with E-state index in [1.54, 1.807) is 24.3 Å². The van der Waals surface area contributed by atoms with Crippen LogP contribution in [-0.2, 0) is 4.79 Å². The van der Waals surface area contributed by atoms with E-state index in [9.17, 15) is 4.79 Å². The summed E-state index contributed by atoms with van der Waals surface area (Å²) in [6, 6.07) is 23.1. The van der Waals surface area contributed by atoms with E-state index in [0.29, 0.717) is 22.3 Å². The number of carbonyl (C=O) groups is 1. The second kappa shape index (κ2) is 8.89. The van der Waals surface area contributed by atoms with Crippen molar-refractivity contribution >= 4 is 40.0 Å². The lowest BCUT2D eigenvalue weighted by Crippen LogP contribution is -2.34. The van der Waals surface area contributed by atoms with Gasteiger partial charge in [-0.05, 0) is 60.9 Å².